The van der Waals surface area contributed by atoms with Crippen molar-refractivity contribution in [3.05, 3.63) is 82.8 Å². The maximum absolute atomic E-state index is 14.7. The molecule has 0 radical (unpaired) electrons. The molecule has 37 heavy (non-hydrogen) atoms. The van der Waals surface area contributed by atoms with Crippen molar-refractivity contribution in [1.29, 1.82) is 5.41 Å². The molecule has 1 saturated heterocycles. The van der Waals surface area contributed by atoms with Crippen LogP contribution < -0.4 is 16.4 Å². The standard InChI is InChI=1S/C26H24ClFN8O/c27-20-14(5-7-32-22(20)25-33-8-10-37-25)21(30)23-24(31)35-19(11-34-23)36-9-6-15-17(12-36)26(15,13-29)16-3-1-2-4-18(16)28/h1-5,7-8,10-11,15,17,30H,6,9,12-13,29H2,(H2,31,35)/t15-,17+,26-/m1/s1. The minimum absolute atomic E-state index is 0.0133. The van der Waals surface area contributed by atoms with E-state index in [-0.39, 0.29) is 45.3 Å². The van der Waals surface area contributed by atoms with E-state index in [1.165, 1.54) is 24.7 Å². The van der Waals surface area contributed by atoms with E-state index in [0.717, 1.165) is 13.0 Å². The molecule has 5 N–H and O–H groups in total. The van der Waals surface area contributed by atoms with Crippen LogP contribution in [0.25, 0.3) is 11.6 Å². The Hall–Kier alpha value is -3.89. The molecule has 4 heterocycles. The van der Waals surface area contributed by atoms with Crippen molar-refractivity contribution in [2.45, 2.75) is 11.8 Å². The van der Waals surface area contributed by atoms with Gasteiger partial charge in [-0.2, -0.15) is 0 Å². The van der Waals surface area contributed by atoms with E-state index < -0.39 is 0 Å². The number of pyridine rings is 1. The number of hydrogen-bond donors (Lipinski definition) is 3. The van der Waals surface area contributed by atoms with Crippen LogP contribution in [-0.2, 0) is 5.41 Å². The molecule has 11 heteroatoms. The van der Waals surface area contributed by atoms with Crippen LogP contribution in [0, 0.1) is 23.1 Å². The summed E-state index contributed by atoms with van der Waals surface area (Å²) in [6, 6.07) is 8.52. The van der Waals surface area contributed by atoms with Gasteiger partial charge in [0.15, 0.2) is 5.82 Å². The predicted octanol–water partition coefficient (Wildman–Crippen LogP) is 3.67. The molecule has 0 unspecified atom stereocenters. The van der Waals surface area contributed by atoms with E-state index in [2.05, 4.69) is 24.8 Å². The topological polar surface area (TPSA) is 144 Å². The monoisotopic (exact) mass is 518 g/mol. The Kier molecular flexibility index (Phi) is 5.65. The molecule has 0 bridgehead atoms. The number of benzene rings is 1. The molecule has 1 aliphatic carbocycles. The first-order valence-electron chi connectivity index (χ1n) is 11.9. The number of nitrogen functional groups attached to an aromatic ring is 1. The van der Waals surface area contributed by atoms with E-state index in [1.807, 2.05) is 12.1 Å². The van der Waals surface area contributed by atoms with Crippen molar-refractivity contribution in [2.75, 3.05) is 30.3 Å². The van der Waals surface area contributed by atoms with Gasteiger partial charge in [-0.1, -0.05) is 29.8 Å². The Morgan fingerprint density at radius 2 is 2.03 bits per heavy atom. The second-order valence-electron chi connectivity index (χ2n) is 9.37. The molecule has 9 nitrogen and oxygen atoms in total. The molecular formula is C26H24ClFN8O. The van der Waals surface area contributed by atoms with E-state index in [4.69, 9.17) is 32.9 Å². The summed E-state index contributed by atoms with van der Waals surface area (Å²) >= 11 is 6.54. The highest BCUT2D eigenvalue weighted by Gasteiger charge is 2.66. The van der Waals surface area contributed by atoms with Gasteiger partial charge in [0.25, 0.3) is 0 Å². The highest BCUT2D eigenvalue weighted by atomic mass is 35.5. The fraction of sp³-hybridized carbons (Fsp3) is 0.269. The fourth-order valence-corrected chi connectivity index (χ4v) is 6.12. The molecule has 2 aliphatic rings. The fourth-order valence-electron chi connectivity index (χ4n) is 5.83. The minimum atomic E-state index is -0.361. The van der Waals surface area contributed by atoms with Gasteiger partial charge in [-0.05, 0) is 36.0 Å². The van der Waals surface area contributed by atoms with Crippen molar-refractivity contribution in [3.63, 3.8) is 0 Å². The Bertz CT molecular complexity index is 1500. The highest BCUT2D eigenvalue weighted by Crippen LogP contribution is 2.63. The van der Waals surface area contributed by atoms with Gasteiger partial charge in [0.2, 0.25) is 5.89 Å². The summed E-state index contributed by atoms with van der Waals surface area (Å²) in [7, 11) is 0. The number of rotatable bonds is 6. The zero-order valence-electron chi connectivity index (χ0n) is 19.7. The van der Waals surface area contributed by atoms with Gasteiger partial charge in [-0.25, -0.2) is 24.3 Å². The second kappa shape index (κ2) is 8.89. The zero-order chi connectivity index (χ0) is 25.7. The van der Waals surface area contributed by atoms with E-state index in [9.17, 15) is 4.39 Å². The smallest absolute Gasteiger partial charge is 0.246 e. The number of oxazole rings is 1. The third kappa shape index (κ3) is 3.67. The molecule has 0 spiro atoms. The number of piperidine rings is 1. The maximum Gasteiger partial charge on any atom is 0.246 e. The maximum atomic E-state index is 14.7. The Labute approximate surface area is 217 Å². The lowest BCUT2D eigenvalue weighted by Crippen LogP contribution is -2.33. The molecule has 1 aromatic carbocycles. The molecule has 1 aliphatic heterocycles. The van der Waals surface area contributed by atoms with Crippen LogP contribution in [-0.4, -0.2) is 45.3 Å². The lowest BCUT2D eigenvalue weighted by molar-refractivity contribution is 0.533. The summed E-state index contributed by atoms with van der Waals surface area (Å²) in [6.07, 6.45) is 6.91. The predicted molar refractivity (Wildman–Crippen MR) is 138 cm³/mol. The van der Waals surface area contributed by atoms with E-state index >= 15 is 0 Å². The first-order valence-corrected chi connectivity index (χ1v) is 12.3. The van der Waals surface area contributed by atoms with Crippen LogP contribution in [0.5, 0.6) is 0 Å². The number of nitrogens with zero attached hydrogens (tertiary/aromatic N) is 5. The van der Waals surface area contributed by atoms with Crippen LogP contribution in [0.1, 0.15) is 23.2 Å². The van der Waals surface area contributed by atoms with Crippen molar-refractivity contribution in [2.24, 2.45) is 17.6 Å². The van der Waals surface area contributed by atoms with Crippen molar-refractivity contribution >= 4 is 28.9 Å². The SMILES string of the molecule is N=C(c1ccnc(-c2ncco2)c1Cl)c1ncc(N2CC[C@@H]3[C@H](C2)[C@@]3(CN)c2ccccc2F)nc1N. The molecule has 2 fully saturated rings. The third-order valence-electron chi connectivity index (χ3n) is 7.68. The highest BCUT2D eigenvalue weighted by molar-refractivity contribution is 6.37. The minimum Gasteiger partial charge on any atom is -0.443 e. The van der Waals surface area contributed by atoms with Gasteiger partial charge in [0, 0.05) is 36.8 Å². The van der Waals surface area contributed by atoms with E-state index in [0.29, 0.717) is 41.6 Å². The number of nitrogens with two attached hydrogens (primary N) is 2. The van der Waals surface area contributed by atoms with Gasteiger partial charge in [0.1, 0.15) is 29.3 Å². The first kappa shape index (κ1) is 23.5. The van der Waals surface area contributed by atoms with Crippen LogP contribution in [0.2, 0.25) is 5.02 Å². The number of aromatic nitrogens is 4. The molecule has 0 amide bonds. The van der Waals surface area contributed by atoms with Crippen molar-refractivity contribution in [1.82, 2.24) is 19.9 Å². The van der Waals surface area contributed by atoms with Gasteiger partial charge in [-0.3, -0.25) is 5.41 Å². The molecule has 3 atom stereocenters. The Morgan fingerprint density at radius 3 is 2.76 bits per heavy atom. The largest absolute Gasteiger partial charge is 0.443 e. The van der Waals surface area contributed by atoms with Crippen LogP contribution in [0.4, 0.5) is 16.0 Å². The quantitative estimate of drug-likeness (QED) is 0.328. The molecule has 6 rings (SSSR count). The molecule has 188 valence electrons. The summed E-state index contributed by atoms with van der Waals surface area (Å²) in [5.74, 6) is 1.32. The lowest BCUT2D eigenvalue weighted by atomic mass is 9.91. The average Bonchev–Trinajstić information content (AvgIpc) is 3.24. The molecule has 4 aromatic rings. The van der Waals surface area contributed by atoms with Gasteiger partial charge in [0.05, 0.1) is 23.1 Å². The summed E-state index contributed by atoms with van der Waals surface area (Å²) in [5.41, 5.74) is 13.8. The molecular weight excluding hydrogens is 495 g/mol. The number of hydrogen-bond acceptors (Lipinski definition) is 9. The summed E-state index contributed by atoms with van der Waals surface area (Å²) in [4.78, 5) is 19.5. The Balaban J connectivity index is 1.24. The third-order valence-corrected chi connectivity index (χ3v) is 8.06. The lowest BCUT2D eigenvalue weighted by Gasteiger charge is -2.27. The van der Waals surface area contributed by atoms with Gasteiger partial charge >= 0.3 is 0 Å². The number of anilines is 2. The normalized spacial score (nSPS) is 22.5. The number of nitrogens with one attached hydrogen (secondary N) is 1. The molecule has 1 saturated carbocycles. The van der Waals surface area contributed by atoms with Crippen LogP contribution in [0.15, 0.2) is 59.6 Å². The van der Waals surface area contributed by atoms with E-state index in [1.54, 1.807) is 18.3 Å². The van der Waals surface area contributed by atoms with Crippen LogP contribution in [0.3, 0.4) is 0 Å². The van der Waals surface area contributed by atoms with Gasteiger partial charge < -0.3 is 20.8 Å². The summed E-state index contributed by atoms with van der Waals surface area (Å²) in [6.45, 7) is 1.80. The van der Waals surface area contributed by atoms with Crippen LogP contribution >= 0.6 is 11.6 Å². The van der Waals surface area contributed by atoms with Gasteiger partial charge in [-0.15, -0.1) is 0 Å². The summed E-state index contributed by atoms with van der Waals surface area (Å²) in [5, 5.41) is 8.92. The average molecular weight is 519 g/mol. The zero-order valence-corrected chi connectivity index (χ0v) is 20.5. The van der Waals surface area contributed by atoms with Crippen molar-refractivity contribution < 1.29 is 8.81 Å². The number of fused-ring (bicyclic) bond motifs is 1. The number of halogens is 2. The van der Waals surface area contributed by atoms with Crippen molar-refractivity contribution in [3.8, 4) is 11.6 Å². The Morgan fingerprint density at radius 1 is 1.19 bits per heavy atom. The summed E-state index contributed by atoms with van der Waals surface area (Å²) < 4.78 is 20.0. The first-order chi connectivity index (χ1) is 18.0. The molecule has 3 aromatic heterocycles. The second-order valence-corrected chi connectivity index (χ2v) is 9.75.